The van der Waals surface area contributed by atoms with Crippen LogP contribution in [0.1, 0.15) is 81.5 Å². The maximum Gasteiger partial charge on any atom is 0.274 e. The zero-order valence-corrected chi connectivity index (χ0v) is 41.4. The minimum Gasteiger partial charge on any atom is -0.480 e. The van der Waals surface area contributed by atoms with Crippen LogP contribution in [-0.2, 0) is 28.4 Å². The fourth-order valence-electron chi connectivity index (χ4n) is 7.57. The van der Waals surface area contributed by atoms with Crippen molar-refractivity contribution >= 4 is 51.4 Å². The lowest BCUT2D eigenvalue weighted by Gasteiger charge is -2.53. The van der Waals surface area contributed by atoms with Crippen molar-refractivity contribution in [2.45, 2.75) is 117 Å². The molecule has 14 heteroatoms. The molecule has 2 aromatic heterocycles. The molecule has 1 N–H and O–H groups in total. The van der Waals surface area contributed by atoms with Crippen LogP contribution in [0.5, 0.6) is 5.88 Å². The highest BCUT2D eigenvalue weighted by atomic mass is 35.5. The Labute approximate surface area is 370 Å². The number of aromatic nitrogens is 3. The van der Waals surface area contributed by atoms with Gasteiger partial charge in [-0.15, -0.1) is 0 Å². The highest BCUT2D eigenvalue weighted by Crippen LogP contribution is 2.43. The smallest absolute Gasteiger partial charge is 0.274 e. The molecule has 1 fully saturated rings. The summed E-state index contributed by atoms with van der Waals surface area (Å²) in [6.07, 6.45) is 2.63. The lowest BCUT2D eigenvalue weighted by molar-refractivity contribution is -0.0772. The van der Waals surface area contributed by atoms with Gasteiger partial charge in [-0.25, -0.2) is 9.97 Å². The predicted molar refractivity (Wildman–Crippen MR) is 250 cm³/mol. The number of benzene rings is 2. The molecule has 6 rings (SSSR count). The summed E-state index contributed by atoms with van der Waals surface area (Å²) in [7, 11) is -2.12. The van der Waals surface area contributed by atoms with Crippen LogP contribution in [0.15, 0.2) is 48.7 Å². The molecular weight excluding hydrogens is 828 g/mol. The fourth-order valence-corrected chi connectivity index (χ4v) is 10.9. The number of halogens is 2. The number of aryl methyl sites for hydroxylation is 1. The monoisotopic (exact) mass is 890 g/mol. The van der Waals surface area contributed by atoms with Gasteiger partial charge in [-0.3, -0.25) is 19.6 Å². The summed E-state index contributed by atoms with van der Waals surface area (Å²) in [6.45, 7) is 32.4. The van der Waals surface area contributed by atoms with Crippen LogP contribution in [-0.4, -0.2) is 92.8 Å². The van der Waals surface area contributed by atoms with E-state index in [0.29, 0.717) is 69.4 Å². The summed E-state index contributed by atoms with van der Waals surface area (Å²) in [6, 6.07) is 13.1. The van der Waals surface area contributed by atoms with E-state index in [0.717, 1.165) is 49.6 Å². The van der Waals surface area contributed by atoms with Crippen molar-refractivity contribution < 1.29 is 18.4 Å². The van der Waals surface area contributed by atoms with E-state index in [2.05, 4.69) is 96.7 Å². The molecule has 0 unspecified atom stereocenters. The Morgan fingerprint density at radius 2 is 1.53 bits per heavy atom. The number of methoxy groups -OCH3 is 1. The number of nitrogens with one attached hydrogen (secondary N) is 1. The van der Waals surface area contributed by atoms with E-state index in [1.165, 1.54) is 5.56 Å². The van der Waals surface area contributed by atoms with Gasteiger partial charge < -0.3 is 18.9 Å². The number of hydrogen-bond donors (Lipinski definition) is 1. The van der Waals surface area contributed by atoms with Crippen molar-refractivity contribution in [1.29, 1.82) is 0 Å². The van der Waals surface area contributed by atoms with Crippen molar-refractivity contribution in [3.63, 3.8) is 0 Å². The van der Waals surface area contributed by atoms with Crippen LogP contribution in [0.25, 0.3) is 22.4 Å². The Balaban J connectivity index is 1.15. The first-order valence-electron chi connectivity index (χ1n) is 21.0. The lowest BCUT2D eigenvalue weighted by Crippen LogP contribution is -2.65. The Hall–Kier alpha value is -3.21. The number of carbonyl (C=O) groups is 1. The van der Waals surface area contributed by atoms with Crippen molar-refractivity contribution in [2.24, 2.45) is 0 Å². The molecule has 0 bridgehead atoms. The maximum atomic E-state index is 13.8. The molecule has 0 aliphatic carbocycles. The molecule has 4 aromatic rings. The Morgan fingerprint density at radius 1 is 0.900 bits per heavy atom. The zero-order valence-electron chi connectivity index (χ0n) is 37.9. The van der Waals surface area contributed by atoms with Gasteiger partial charge in [0.25, 0.3) is 5.91 Å². The van der Waals surface area contributed by atoms with Gasteiger partial charge in [-0.2, -0.15) is 0 Å². The quantitative estimate of drug-likeness (QED) is 0.131. The highest BCUT2D eigenvalue weighted by Gasteiger charge is 2.48. The predicted octanol–water partition coefficient (Wildman–Crippen LogP) is 11.1. The summed E-state index contributed by atoms with van der Waals surface area (Å²) >= 11 is 14.2. The molecule has 324 valence electrons. The van der Waals surface area contributed by atoms with E-state index in [4.69, 9.17) is 51.7 Å². The topological polar surface area (TPSA) is 102 Å². The molecule has 4 heterocycles. The third-order valence-corrected chi connectivity index (χ3v) is 23.0. The number of pyridine rings is 1. The molecule has 2 aliphatic rings. The number of nitrogens with zero attached hydrogens (tertiary/aromatic N) is 5. The van der Waals surface area contributed by atoms with E-state index >= 15 is 0 Å². The van der Waals surface area contributed by atoms with Gasteiger partial charge in [0.15, 0.2) is 16.6 Å². The van der Waals surface area contributed by atoms with Gasteiger partial charge in [0.1, 0.15) is 11.4 Å². The number of rotatable bonds is 13. The van der Waals surface area contributed by atoms with Crippen LogP contribution in [0.3, 0.4) is 0 Å². The van der Waals surface area contributed by atoms with Crippen molar-refractivity contribution in [3.05, 3.63) is 86.9 Å². The van der Waals surface area contributed by atoms with Crippen LogP contribution in [0, 0.1) is 6.92 Å². The van der Waals surface area contributed by atoms with Crippen molar-refractivity contribution in [3.8, 4) is 28.3 Å². The molecule has 0 atom stereocenters. The summed E-state index contributed by atoms with van der Waals surface area (Å²) in [5, 5.41) is 4.16. The molecule has 1 saturated heterocycles. The van der Waals surface area contributed by atoms with Crippen molar-refractivity contribution in [2.75, 3.05) is 45.2 Å². The van der Waals surface area contributed by atoms with Gasteiger partial charge in [0.05, 0.1) is 46.0 Å². The molecular formula is C46H64Cl2N6O4Si2. The highest BCUT2D eigenvalue weighted by molar-refractivity contribution is 6.74. The molecule has 60 heavy (non-hydrogen) atoms. The number of anilines is 1. The second kappa shape index (κ2) is 17.5. The number of likely N-dealkylation sites (tertiary alicyclic amines) is 1. The van der Waals surface area contributed by atoms with E-state index in [1.54, 1.807) is 19.4 Å². The summed E-state index contributed by atoms with van der Waals surface area (Å²) in [5.41, 5.74) is 7.23. The Bertz CT molecular complexity index is 2230. The SMILES string of the molecule is COc1nc(-c2cccc(-c3cccc(NC(=O)c4cc(C)c5c(n4)CN(CCO[Si](C)(C)C(C)(C)C)CC5)c3Cl)c2Cl)cnc1CN1CC(C)(O[Si](C)(C)C(C)(C)C)C1. The first kappa shape index (κ1) is 46.3. The fraction of sp³-hybridized carbons (Fsp3) is 0.522. The number of carbonyl (C=O) groups excluding carboxylic acids is 1. The van der Waals surface area contributed by atoms with Gasteiger partial charge >= 0.3 is 0 Å². The molecule has 0 saturated carbocycles. The van der Waals surface area contributed by atoms with E-state index in [-0.39, 0.29) is 21.6 Å². The number of ether oxygens (including phenoxy) is 1. The molecule has 2 aromatic carbocycles. The summed E-state index contributed by atoms with van der Waals surface area (Å²) in [5.74, 6) is 0.122. The maximum absolute atomic E-state index is 13.8. The van der Waals surface area contributed by atoms with Crippen LogP contribution >= 0.6 is 23.2 Å². The number of fused-ring (bicyclic) bond motifs is 1. The molecule has 0 spiro atoms. The summed E-state index contributed by atoms with van der Waals surface area (Å²) < 4.78 is 19.0. The average Bonchev–Trinajstić information content (AvgIpc) is 3.14. The third-order valence-electron chi connectivity index (χ3n) is 13.0. The number of amides is 1. The van der Waals surface area contributed by atoms with Crippen LogP contribution in [0.4, 0.5) is 5.69 Å². The normalized spacial score (nSPS) is 16.3. The number of hydrogen-bond acceptors (Lipinski definition) is 9. The van der Waals surface area contributed by atoms with E-state index in [1.807, 2.05) is 36.4 Å². The van der Waals surface area contributed by atoms with Crippen LogP contribution < -0.4 is 10.1 Å². The van der Waals surface area contributed by atoms with Gasteiger partial charge in [-0.1, -0.05) is 95.1 Å². The van der Waals surface area contributed by atoms with E-state index < -0.39 is 16.6 Å². The molecule has 2 aliphatic heterocycles. The second-order valence-corrected chi connectivity index (χ2v) is 30.1. The minimum atomic E-state index is -1.90. The standard InChI is InChI=1S/C46H64Cl2N6O4Si2/c1-30-24-36(50-38-26-53(21-20-31(30)38)22-23-57-59(10,11)44(2,3)4)42(55)51-35-19-15-17-33(41(35)48)32-16-14-18-34(40(32)47)37-25-49-39(43(52-37)56-9)27-54-28-46(8,29-54)58-60(12,13)45(5,6)7/h14-19,24-25H,20-23,26-29H2,1-13H3,(H,51,55). The minimum absolute atomic E-state index is 0.147. The lowest BCUT2D eigenvalue weighted by atomic mass is 9.97. The molecule has 1 amide bonds. The van der Waals surface area contributed by atoms with Crippen LogP contribution in [0.2, 0.25) is 46.3 Å². The first-order chi connectivity index (χ1) is 27.9. The Kier molecular flexibility index (Phi) is 13.5. The summed E-state index contributed by atoms with van der Waals surface area (Å²) in [4.78, 5) is 33.0. The van der Waals surface area contributed by atoms with Gasteiger partial charge in [0.2, 0.25) is 5.88 Å². The van der Waals surface area contributed by atoms with Gasteiger partial charge in [-0.05, 0) is 79.8 Å². The van der Waals surface area contributed by atoms with E-state index in [9.17, 15) is 4.79 Å². The second-order valence-electron chi connectivity index (χ2n) is 19.8. The first-order valence-corrected chi connectivity index (χ1v) is 27.6. The van der Waals surface area contributed by atoms with Gasteiger partial charge in [0, 0.05) is 62.6 Å². The average molecular weight is 892 g/mol. The molecule has 0 radical (unpaired) electrons. The molecule has 10 nitrogen and oxygen atoms in total. The Morgan fingerprint density at radius 3 is 2.18 bits per heavy atom. The van der Waals surface area contributed by atoms with Crippen molar-refractivity contribution in [1.82, 2.24) is 24.8 Å². The largest absolute Gasteiger partial charge is 0.480 e. The zero-order chi connectivity index (χ0) is 44.0. The third kappa shape index (κ3) is 10.0.